The Morgan fingerprint density at radius 3 is 2.29 bits per heavy atom. The summed E-state index contributed by atoms with van der Waals surface area (Å²) in [7, 11) is 0. The fraction of sp³-hybridized carbons (Fsp3) is 0.636. The summed E-state index contributed by atoms with van der Waals surface area (Å²) in [6.45, 7) is 11.2. The van der Waals surface area contributed by atoms with Crippen molar-refractivity contribution >= 4 is 11.9 Å². The molecule has 1 atom stereocenters. The Labute approximate surface area is 167 Å². The van der Waals surface area contributed by atoms with Gasteiger partial charge in [-0.2, -0.15) is 0 Å². The van der Waals surface area contributed by atoms with Crippen LogP contribution in [0.1, 0.15) is 62.9 Å². The number of rotatable bonds is 4. The second-order valence-electron chi connectivity index (χ2n) is 8.96. The average molecular weight is 389 g/mol. The average Bonchev–Trinajstić information content (AvgIpc) is 3.02. The summed E-state index contributed by atoms with van der Waals surface area (Å²) < 4.78 is 6.01. The van der Waals surface area contributed by atoms with Crippen molar-refractivity contribution in [3.8, 4) is 0 Å². The molecule has 1 aromatic carbocycles. The molecular weight excluding hydrogens is 356 g/mol. The molecule has 2 heterocycles. The van der Waals surface area contributed by atoms with Gasteiger partial charge in [-0.3, -0.25) is 9.69 Å². The maximum atomic E-state index is 13.4. The first-order valence-electron chi connectivity index (χ1n) is 10.2. The van der Waals surface area contributed by atoms with Crippen molar-refractivity contribution in [1.29, 1.82) is 0 Å². The number of carbonyl (C=O) groups is 2. The summed E-state index contributed by atoms with van der Waals surface area (Å²) >= 11 is 0. The van der Waals surface area contributed by atoms with E-state index in [0.29, 0.717) is 18.4 Å². The third-order valence-corrected chi connectivity index (χ3v) is 5.94. The third-order valence-electron chi connectivity index (χ3n) is 5.94. The molecule has 2 saturated heterocycles. The number of nitrogens with zero attached hydrogens (tertiary/aromatic N) is 2. The fourth-order valence-corrected chi connectivity index (χ4v) is 4.25. The molecule has 0 radical (unpaired) electrons. The first-order valence-corrected chi connectivity index (χ1v) is 10.2. The molecule has 6 heteroatoms. The molecule has 3 rings (SSSR count). The Morgan fingerprint density at radius 1 is 1.18 bits per heavy atom. The molecule has 2 aliphatic heterocycles. The van der Waals surface area contributed by atoms with E-state index in [-0.39, 0.29) is 17.9 Å². The minimum absolute atomic E-state index is 0.00470. The van der Waals surface area contributed by atoms with Gasteiger partial charge in [0, 0.05) is 31.5 Å². The number of carboxylic acids is 1. The molecule has 2 fully saturated rings. The number of aliphatic carboxylic acids is 1. The van der Waals surface area contributed by atoms with E-state index in [0.717, 1.165) is 31.6 Å². The van der Waals surface area contributed by atoms with Gasteiger partial charge >= 0.3 is 5.97 Å². The Kier molecular flexibility index (Phi) is 5.82. The van der Waals surface area contributed by atoms with Crippen molar-refractivity contribution in [1.82, 2.24) is 9.80 Å². The monoisotopic (exact) mass is 388 g/mol. The van der Waals surface area contributed by atoms with Crippen LogP contribution in [0.4, 0.5) is 0 Å². The van der Waals surface area contributed by atoms with Crippen LogP contribution in [0.25, 0.3) is 0 Å². The zero-order chi connectivity index (χ0) is 20.5. The van der Waals surface area contributed by atoms with Gasteiger partial charge in [0.25, 0.3) is 5.91 Å². The summed E-state index contributed by atoms with van der Waals surface area (Å²) in [5.41, 5.74) is 0.835. The van der Waals surface area contributed by atoms with Crippen LogP contribution in [0, 0.1) is 0 Å². The number of carboxylic acid groups (broad SMARTS) is 1. The second kappa shape index (κ2) is 7.84. The van der Waals surface area contributed by atoms with Crippen LogP contribution in [-0.4, -0.2) is 64.8 Å². The molecule has 1 aromatic rings. The van der Waals surface area contributed by atoms with Gasteiger partial charge < -0.3 is 14.7 Å². The predicted molar refractivity (Wildman–Crippen MR) is 107 cm³/mol. The van der Waals surface area contributed by atoms with E-state index in [1.54, 1.807) is 12.1 Å². The van der Waals surface area contributed by atoms with Crippen LogP contribution in [0.2, 0.25) is 0 Å². The largest absolute Gasteiger partial charge is 0.480 e. The van der Waals surface area contributed by atoms with Crippen molar-refractivity contribution in [3.05, 3.63) is 35.4 Å². The predicted octanol–water partition coefficient (Wildman–Crippen LogP) is 3.11. The molecular formula is C22H32N2O4. The second-order valence-corrected chi connectivity index (χ2v) is 8.96. The number of likely N-dealkylation sites (tertiary alicyclic amines) is 1. The summed E-state index contributed by atoms with van der Waals surface area (Å²) in [4.78, 5) is 29.1. The normalized spacial score (nSPS) is 22.6. The third kappa shape index (κ3) is 3.94. The number of piperidine rings is 1. The van der Waals surface area contributed by atoms with Crippen LogP contribution in [0.3, 0.4) is 0 Å². The minimum atomic E-state index is -1.01. The molecule has 0 unspecified atom stereocenters. The molecule has 0 saturated carbocycles. The van der Waals surface area contributed by atoms with E-state index < -0.39 is 17.7 Å². The first kappa shape index (κ1) is 20.8. The van der Waals surface area contributed by atoms with Crippen LogP contribution in [0.5, 0.6) is 0 Å². The lowest BCUT2D eigenvalue weighted by Crippen LogP contribution is -2.58. The van der Waals surface area contributed by atoms with E-state index in [4.69, 9.17) is 4.74 Å². The van der Waals surface area contributed by atoms with Gasteiger partial charge in [0.15, 0.2) is 6.04 Å². The number of benzene rings is 1. The summed E-state index contributed by atoms with van der Waals surface area (Å²) in [6.07, 6.45) is 2.36. The van der Waals surface area contributed by atoms with E-state index in [1.807, 2.05) is 12.1 Å². The number of hydrogen-bond acceptors (Lipinski definition) is 4. The van der Waals surface area contributed by atoms with E-state index >= 15 is 0 Å². The molecule has 6 nitrogen and oxygen atoms in total. The van der Waals surface area contributed by atoms with Crippen LogP contribution in [0.15, 0.2) is 24.3 Å². The zero-order valence-electron chi connectivity index (χ0n) is 17.4. The Bertz CT molecular complexity index is 715. The molecule has 1 N–H and O–H groups in total. The molecule has 0 bridgehead atoms. The Hall–Kier alpha value is -1.92. The first-order chi connectivity index (χ1) is 13.2. The topological polar surface area (TPSA) is 70.1 Å². The van der Waals surface area contributed by atoms with Crippen LogP contribution >= 0.6 is 0 Å². The lowest BCUT2D eigenvalue weighted by Gasteiger charge is -2.44. The maximum Gasteiger partial charge on any atom is 0.328 e. The smallest absolute Gasteiger partial charge is 0.328 e. The van der Waals surface area contributed by atoms with Crippen molar-refractivity contribution in [3.63, 3.8) is 0 Å². The molecule has 1 amide bonds. The highest BCUT2D eigenvalue weighted by molar-refractivity contribution is 5.97. The molecule has 1 spiro atoms. The van der Waals surface area contributed by atoms with Gasteiger partial charge in [-0.05, 0) is 36.1 Å². The van der Waals surface area contributed by atoms with Gasteiger partial charge in [-0.15, -0.1) is 0 Å². The molecule has 154 valence electrons. The van der Waals surface area contributed by atoms with E-state index in [2.05, 4.69) is 32.6 Å². The summed E-state index contributed by atoms with van der Waals surface area (Å²) in [6, 6.07) is 6.58. The van der Waals surface area contributed by atoms with Gasteiger partial charge in [-0.1, -0.05) is 39.8 Å². The minimum Gasteiger partial charge on any atom is -0.480 e. The zero-order valence-corrected chi connectivity index (χ0v) is 17.4. The Balaban J connectivity index is 1.86. The maximum absolute atomic E-state index is 13.4. The van der Waals surface area contributed by atoms with Gasteiger partial charge in [0.1, 0.15) is 5.72 Å². The standard InChI is InChI=1S/C22H32N2O4/c1-5-12-23-13-10-22(11-14-23)24(18(15-28-22)20(26)27)19(25)16-6-8-17(9-7-16)21(2,3)4/h6-9,18H,5,10-15H2,1-4H3,(H,26,27)/t18-/m0/s1. The van der Waals surface area contributed by atoms with Gasteiger partial charge in [0.2, 0.25) is 0 Å². The summed E-state index contributed by atoms with van der Waals surface area (Å²) in [5.74, 6) is -1.26. The number of carbonyl (C=O) groups excluding carboxylic acids is 1. The molecule has 2 aliphatic rings. The SMILES string of the molecule is CCCN1CCC2(CC1)OC[C@@H](C(=O)O)N2C(=O)c1ccc(C(C)(C)C)cc1. The van der Waals surface area contributed by atoms with E-state index in [9.17, 15) is 14.7 Å². The highest BCUT2D eigenvalue weighted by Gasteiger charge is 2.53. The molecule has 28 heavy (non-hydrogen) atoms. The van der Waals surface area contributed by atoms with Gasteiger partial charge in [0.05, 0.1) is 6.61 Å². The van der Waals surface area contributed by atoms with Crippen molar-refractivity contribution in [2.45, 2.75) is 64.1 Å². The Morgan fingerprint density at radius 2 is 1.79 bits per heavy atom. The van der Waals surface area contributed by atoms with E-state index in [1.165, 1.54) is 4.90 Å². The molecule has 0 aliphatic carbocycles. The lowest BCUT2D eigenvalue weighted by molar-refractivity contribution is -0.143. The van der Waals surface area contributed by atoms with Gasteiger partial charge in [-0.25, -0.2) is 4.79 Å². The van der Waals surface area contributed by atoms with Crippen LogP contribution in [-0.2, 0) is 14.9 Å². The van der Waals surface area contributed by atoms with Crippen molar-refractivity contribution in [2.75, 3.05) is 26.2 Å². The highest BCUT2D eigenvalue weighted by atomic mass is 16.5. The fourth-order valence-electron chi connectivity index (χ4n) is 4.25. The van der Waals surface area contributed by atoms with Crippen molar-refractivity contribution in [2.24, 2.45) is 0 Å². The molecule has 0 aromatic heterocycles. The lowest BCUT2D eigenvalue weighted by atomic mass is 9.86. The highest BCUT2D eigenvalue weighted by Crippen LogP contribution is 2.38. The van der Waals surface area contributed by atoms with Crippen molar-refractivity contribution < 1.29 is 19.4 Å². The summed E-state index contributed by atoms with van der Waals surface area (Å²) in [5, 5.41) is 9.70. The van der Waals surface area contributed by atoms with Crippen LogP contribution < -0.4 is 0 Å². The number of hydrogen-bond donors (Lipinski definition) is 1. The quantitative estimate of drug-likeness (QED) is 0.858. The number of amides is 1. The number of ether oxygens (including phenoxy) is 1.